The van der Waals surface area contributed by atoms with Gasteiger partial charge in [0.1, 0.15) is 0 Å². The van der Waals surface area contributed by atoms with E-state index in [-0.39, 0.29) is 17.9 Å². The molecule has 1 aromatic carbocycles. The molecule has 0 amide bonds. The molecular weight excluding hydrogens is 290 g/mol. The number of carboxylic acid groups (broad SMARTS) is 1. The molecule has 1 aromatic rings. The Hall–Kier alpha value is -1.84. The highest BCUT2D eigenvalue weighted by molar-refractivity contribution is 7.89. The quantitative estimate of drug-likeness (QED) is 0.742. The molecular formula is C15H19NO4S. The molecule has 0 aliphatic rings. The summed E-state index contributed by atoms with van der Waals surface area (Å²) in [7, 11) is -3.60. The van der Waals surface area contributed by atoms with Gasteiger partial charge in [-0.15, -0.1) is 6.42 Å². The Morgan fingerprint density at radius 3 is 2.43 bits per heavy atom. The van der Waals surface area contributed by atoms with E-state index in [2.05, 4.69) is 5.92 Å². The lowest BCUT2D eigenvalue weighted by Crippen LogP contribution is -2.32. The van der Waals surface area contributed by atoms with Crippen molar-refractivity contribution in [3.05, 3.63) is 29.8 Å². The maximum absolute atomic E-state index is 12.4. The number of benzene rings is 1. The Balaban J connectivity index is 2.93. The Labute approximate surface area is 125 Å². The second kappa shape index (κ2) is 7.81. The number of carboxylic acids is 1. The highest BCUT2D eigenvalue weighted by Crippen LogP contribution is 2.17. The van der Waals surface area contributed by atoms with Crippen LogP contribution in [-0.2, 0) is 21.2 Å². The van der Waals surface area contributed by atoms with E-state index in [9.17, 15) is 13.2 Å². The number of carbonyl (C=O) groups is 1. The summed E-state index contributed by atoms with van der Waals surface area (Å²) in [5.74, 6) is 1.47. The molecule has 0 radical (unpaired) electrons. The van der Waals surface area contributed by atoms with Crippen molar-refractivity contribution in [2.45, 2.75) is 31.1 Å². The predicted octanol–water partition coefficient (Wildman–Crippen LogP) is 1.74. The van der Waals surface area contributed by atoms with E-state index in [1.165, 1.54) is 16.4 Å². The van der Waals surface area contributed by atoms with Gasteiger partial charge in [-0.3, -0.25) is 4.79 Å². The molecule has 0 atom stereocenters. The second-order valence-electron chi connectivity index (χ2n) is 4.58. The topological polar surface area (TPSA) is 74.7 Å². The molecule has 0 aliphatic heterocycles. The standard InChI is InChI=1S/C15H19NO4S/c1-3-11-16(12-4-2)21(19,20)14-8-5-13(6-9-14)7-10-15(17)18/h1,5-6,8-9H,4,7,10-12H2,2H3,(H,17,18). The van der Waals surface area contributed by atoms with Crippen molar-refractivity contribution in [1.29, 1.82) is 0 Å². The zero-order valence-electron chi connectivity index (χ0n) is 11.9. The Bertz CT molecular complexity index is 614. The van der Waals surface area contributed by atoms with Crippen LogP contribution in [0.1, 0.15) is 25.3 Å². The smallest absolute Gasteiger partial charge is 0.303 e. The van der Waals surface area contributed by atoms with Crippen molar-refractivity contribution >= 4 is 16.0 Å². The van der Waals surface area contributed by atoms with Crippen molar-refractivity contribution in [1.82, 2.24) is 4.31 Å². The van der Waals surface area contributed by atoms with Crippen LogP contribution in [0.15, 0.2) is 29.2 Å². The molecule has 0 unspecified atom stereocenters. The maximum atomic E-state index is 12.4. The van der Waals surface area contributed by atoms with E-state index in [1.807, 2.05) is 6.92 Å². The van der Waals surface area contributed by atoms with Crippen LogP contribution in [0.5, 0.6) is 0 Å². The molecule has 0 spiro atoms. The fourth-order valence-electron chi connectivity index (χ4n) is 1.86. The molecule has 0 bridgehead atoms. The minimum absolute atomic E-state index is 0.0190. The zero-order valence-corrected chi connectivity index (χ0v) is 12.8. The van der Waals surface area contributed by atoms with Crippen LogP contribution in [0.3, 0.4) is 0 Å². The van der Waals surface area contributed by atoms with Gasteiger partial charge in [0.2, 0.25) is 10.0 Å². The number of hydrogen-bond donors (Lipinski definition) is 1. The highest BCUT2D eigenvalue weighted by atomic mass is 32.2. The van der Waals surface area contributed by atoms with Crippen LogP contribution >= 0.6 is 0 Å². The van der Waals surface area contributed by atoms with E-state index in [1.54, 1.807) is 12.1 Å². The van der Waals surface area contributed by atoms with Gasteiger partial charge in [0.05, 0.1) is 11.4 Å². The summed E-state index contributed by atoms with van der Waals surface area (Å²) in [6, 6.07) is 6.25. The lowest BCUT2D eigenvalue weighted by atomic mass is 10.1. The second-order valence-corrected chi connectivity index (χ2v) is 6.52. The monoisotopic (exact) mass is 309 g/mol. The zero-order chi connectivity index (χ0) is 15.9. The third kappa shape index (κ3) is 4.88. The van der Waals surface area contributed by atoms with Crippen LogP contribution in [0.4, 0.5) is 0 Å². The normalized spacial score (nSPS) is 11.3. The molecule has 0 saturated carbocycles. The predicted molar refractivity (Wildman–Crippen MR) is 80.3 cm³/mol. The number of hydrogen-bond acceptors (Lipinski definition) is 3. The molecule has 21 heavy (non-hydrogen) atoms. The van der Waals surface area contributed by atoms with Crippen molar-refractivity contribution in [2.24, 2.45) is 0 Å². The number of aryl methyl sites for hydroxylation is 1. The first-order chi connectivity index (χ1) is 9.91. The van der Waals surface area contributed by atoms with E-state index < -0.39 is 16.0 Å². The van der Waals surface area contributed by atoms with Gasteiger partial charge < -0.3 is 5.11 Å². The molecule has 6 heteroatoms. The summed E-state index contributed by atoms with van der Waals surface area (Å²) in [6.07, 6.45) is 6.29. The number of nitrogens with zero attached hydrogens (tertiary/aromatic N) is 1. The van der Waals surface area contributed by atoms with Crippen LogP contribution in [-0.4, -0.2) is 36.9 Å². The number of terminal acetylenes is 1. The van der Waals surface area contributed by atoms with Crippen molar-refractivity contribution in [3.63, 3.8) is 0 Å². The molecule has 0 heterocycles. The highest BCUT2D eigenvalue weighted by Gasteiger charge is 2.22. The summed E-state index contributed by atoms with van der Waals surface area (Å²) >= 11 is 0. The summed E-state index contributed by atoms with van der Waals surface area (Å²) < 4.78 is 26.1. The summed E-state index contributed by atoms with van der Waals surface area (Å²) in [4.78, 5) is 10.7. The average molecular weight is 309 g/mol. The van der Waals surface area contributed by atoms with Gasteiger partial charge in [0.25, 0.3) is 0 Å². The molecule has 0 aliphatic carbocycles. The van der Waals surface area contributed by atoms with Crippen LogP contribution in [0.25, 0.3) is 0 Å². The van der Waals surface area contributed by atoms with Crippen molar-refractivity contribution < 1.29 is 18.3 Å². The lowest BCUT2D eigenvalue weighted by molar-refractivity contribution is -0.136. The first-order valence-electron chi connectivity index (χ1n) is 6.66. The number of sulfonamides is 1. The van der Waals surface area contributed by atoms with Crippen molar-refractivity contribution in [3.8, 4) is 12.3 Å². The van der Waals surface area contributed by atoms with Crippen LogP contribution in [0, 0.1) is 12.3 Å². The minimum atomic E-state index is -3.60. The van der Waals surface area contributed by atoms with E-state index >= 15 is 0 Å². The van der Waals surface area contributed by atoms with E-state index in [0.717, 1.165) is 5.56 Å². The molecule has 1 rings (SSSR count). The average Bonchev–Trinajstić information content (AvgIpc) is 2.45. The number of aliphatic carboxylic acids is 1. The molecule has 1 N–H and O–H groups in total. The Kier molecular flexibility index (Phi) is 6.40. The maximum Gasteiger partial charge on any atom is 0.303 e. The van der Waals surface area contributed by atoms with Gasteiger partial charge in [0, 0.05) is 13.0 Å². The van der Waals surface area contributed by atoms with Crippen LogP contribution in [0.2, 0.25) is 0 Å². The Morgan fingerprint density at radius 2 is 1.95 bits per heavy atom. The van der Waals surface area contributed by atoms with Crippen LogP contribution < -0.4 is 0 Å². The third-order valence-corrected chi connectivity index (χ3v) is 4.79. The summed E-state index contributed by atoms with van der Waals surface area (Å²) in [5.41, 5.74) is 0.787. The number of rotatable bonds is 8. The van der Waals surface area contributed by atoms with Crippen molar-refractivity contribution in [2.75, 3.05) is 13.1 Å². The lowest BCUT2D eigenvalue weighted by Gasteiger charge is -2.19. The first kappa shape index (κ1) is 17.2. The molecule has 0 fully saturated rings. The van der Waals surface area contributed by atoms with E-state index in [4.69, 9.17) is 11.5 Å². The van der Waals surface area contributed by atoms with Gasteiger partial charge >= 0.3 is 5.97 Å². The van der Waals surface area contributed by atoms with E-state index in [0.29, 0.717) is 19.4 Å². The Morgan fingerprint density at radius 1 is 1.33 bits per heavy atom. The fourth-order valence-corrected chi connectivity index (χ4v) is 3.31. The molecule has 5 nitrogen and oxygen atoms in total. The van der Waals surface area contributed by atoms with Gasteiger partial charge in [-0.05, 0) is 30.5 Å². The summed E-state index contributed by atoms with van der Waals surface area (Å²) in [5, 5.41) is 8.63. The molecule has 0 saturated heterocycles. The summed E-state index contributed by atoms with van der Waals surface area (Å²) in [6.45, 7) is 2.29. The first-order valence-corrected chi connectivity index (χ1v) is 8.10. The fraction of sp³-hybridized carbons (Fsp3) is 0.400. The van der Waals surface area contributed by atoms with Gasteiger partial charge in [-0.1, -0.05) is 25.0 Å². The van der Waals surface area contributed by atoms with Gasteiger partial charge in [-0.25, -0.2) is 8.42 Å². The van der Waals surface area contributed by atoms with Gasteiger partial charge in [0.15, 0.2) is 0 Å². The third-order valence-electron chi connectivity index (χ3n) is 2.93. The minimum Gasteiger partial charge on any atom is -0.481 e. The molecule has 114 valence electrons. The largest absolute Gasteiger partial charge is 0.481 e. The molecule has 0 aromatic heterocycles. The SMILES string of the molecule is C#CCN(CCC)S(=O)(=O)c1ccc(CCC(=O)O)cc1. The van der Waals surface area contributed by atoms with Gasteiger partial charge in [-0.2, -0.15) is 4.31 Å².